The van der Waals surface area contributed by atoms with E-state index in [1.807, 2.05) is 0 Å². The Balaban J connectivity index is 4.92. The number of hydrogen-bond donors (Lipinski definition) is 2. The van der Waals surface area contributed by atoms with Gasteiger partial charge in [0.2, 0.25) is 5.96 Å². The van der Waals surface area contributed by atoms with E-state index in [1.54, 1.807) is 41.5 Å². The molecule has 0 atom stereocenters. The van der Waals surface area contributed by atoms with Crippen LogP contribution in [0.4, 0.5) is 9.59 Å². The van der Waals surface area contributed by atoms with E-state index < -0.39 is 23.4 Å². The van der Waals surface area contributed by atoms with E-state index in [0.29, 0.717) is 0 Å². The molecule has 2 N–H and O–H groups in total. The summed E-state index contributed by atoms with van der Waals surface area (Å²) in [6, 6.07) is 0. The molecule has 0 aromatic heterocycles. The van der Waals surface area contributed by atoms with Crippen LogP contribution in [0.2, 0.25) is 0 Å². The zero-order valence-corrected chi connectivity index (χ0v) is 14.2. The standard InChI is InChI=1S/C14H25N3O5/c1-9(18)8-15-10(16-11(19)21-13(2,3)4)17-12(20)22-14(5,6)7/h8H2,1-7H3,(H2,15,16,17,19,20). The Bertz CT molecular complexity index is 458. The molecule has 0 saturated heterocycles. The number of nitrogens with zero attached hydrogens (tertiary/aromatic N) is 1. The van der Waals surface area contributed by atoms with E-state index in [9.17, 15) is 14.4 Å². The van der Waals surface area contributed by atoms with Crippen molar-refractivity contribution >= 4 is 23.9 Å². The minimum Gasteiger partial charge on any atom is -0.444 e. The smallest absolute Gasteiger partial charge is 0.437 e. The summed E-state index contributed by atoms with van der Waals surface area (Å²) < 4.78 is 10.1. The lowest BCUT2D eigenvalue weighted by Gasteiger charge is -2.21. The molecule has 0 saturated carbocycles. The summed E-state index contributed by atoms with van der Waals surface area (Å²) in [5.41, 5.74) is -1.43. The number of alkyl carbamates (subject to hydrolysis) is 1. The second kappa shape index (κ2) is 7.77. The summed E-state index contributed by atoms with van der Waals surface area (Å²) in [5.74, 6) is -0.401. The van der Waals surface area contributed by atoms with Crippen LogP contribution in [0.3, 0.4) is 0 Å². The zero-order chi connectivity index (χ0) is 17.6. The molecular formula is C14H25N3O5. The minimum atomic E-state index is -0.894. The van der Waals surface area contributed by atoms with Gasteiger partial charge >= 0.3 is 12.2 Å². The monoisotopic (exact) mass is 315 g/mol. The Labute approximate surface area is 130 Å². The fraction of sp³-hybridized carbons (Fsp3) is 0.714. The summed E-state index contributed by atoms with van der Waals surface area (Å²) in [6.45, 7) is 11.4. The average molecular weight is 315 g/mol. The van der Waals surface area contributed by atoms with Gasteiger partial charge in [0.25, 0.3) is 0 Å². The van der Waals surface area contributed by atoms with E-state index in [4.69, 9.17) is 9.47 Å². The predicted octanol–water partition coefficient (Wildman–Crippen LogP) is 1.98. The Hall–Kier alpha value is -2.12. The first-order valence-corrected chi connectivity index (χ1v) is 6.83. The normalized spacial score (nSPS) is 12.4. The maximum absolute atomic E-state index is 11.7. The first-order valence-electron chi connectivity index (χ1n) is 6.83. The summed E-state index contributed by atoms with van der Waals surface area (Å²) in [6.07, 6.45) is -1.69. The van der Waals surface area contributed by atoms with Crippen molar-refractivity contribution < 1.29 is 23.9 Å². The number of carbonyl (C=O) groups excluding carboxylic acids is 3. The van der Waals surface area contributed by atoms with Gasteiger partial charge < -0.3 is 14.8 Å². The van der Waals surface area contributed by atoms with Crippen LogP contribution in [0.25, 0.3) is 0 Å². The molecule has 0 bridgehead atoms. The van der Waals surface area contributed by atoms with Gasteiger partial charge in [-0.3, -0.25) is 10.1 Å². The van der Waals surface area contributed by atoms with Crippen molar-refractivity contribution in [1.82, 2.24) is 10.6 Å². The van der Waals surface area contributed by atoms with E-state index in [0.717, 1.165) is 0 Å². The summed E-state index contributed by atoms with van der Waals surface area (Å²) >= 11 is 0. The van der Waals surface area contributed by atoms with Crippen molar-refractivity contribution in [2.24, 2.45) is 4.99 Å². The lowest BCUT2D eigenvalue weighted by Crippen LogP contribution is -2.45. The van der Waals surface area contributed by atoms with E-state index in [-0.39, 0.29) is 18.3 Å². The molecule has 0 rings (SSSR count). The molecule has 0 heterocycles. The van der Waals surface area contributed by atoms with Crippen LogP contribution in [-0.2, 0) is 14.3 Å². The van der Waals surface area contributed by atoms with Crippen LogP contribution >= 0.6 is 0 Å². The number of ketones is 1. The van der Waals surface area contributed by atoms with Gasteiger partial charge in [-0.25, -0.2) is 9.59 Å². The molecule has 8 heteroatoms. The number of rotatable bonds is 2. The van der Waals surface area contributed by atoms with Gasteiger partial charge in [0.1, 0.15) is 17.0 Å². The first kappa shape index (κ1) is 19.9. The number of Topliss-reactive ketones (excluding diaryl/α,β-unsaturated/α-hetero) is 1. The highest BCUT2D eigenvalue weighted by atomic mass is 16.6. The van der Waals surface area contributed by atoms with Crippen molar-refractivity contribution in [2.45, 2.75) is 59.7 Å². The van der Waals surface area contributed by atoms with Gasteiger partial charge in [-0.1, -0.05) is 0 Å². The largest absolute Gasteiger partial charge is 0.444 e. The molecule has 22 heavy (non-hydrogen) atoms. The first-order chi connectivity index (χ1) is 9.78. The van der Waals surface area contributed by atoms with Gasteiger partial charge in [-0.2, -0.15) is 0 Å². The molecule has 8 nitrogen and oxygen atoms in total. The zero-order valence-electron chi connectivity index (χ0n) is 14.2. The van der Waals surface area contributed by atoms with Crippen molar-refractivity contribution in [3.63, 3.8) is 0 Å². The van der Waals surface area contributed by atoms with E-state index >= 15 is 0 Å². The Morgan fingerprint density at radius 2 is 1.45 bits per heavy atom. The van der Waals surface area contributed by atoms with E-state index in [2.05, 4.69) is 15.6 Å². The van der Waals surface area contributed by atoms with Gasteiger partial charge in [0, 0.05) is 0 Å². The van der Waals surface area contributed by atoms with Gasteiger partial charge in [-0.15, -0.1) is 4.99 Å². The lowest BCUT2D eigenvalue weighted by molar-refractivity contribution is -0.116. The predicted molar refractivity (Wildman–Crippen MR) is 81.7 cm³/mol. The number of carbonyl (C=O) groups is 3. The third-order valence-corrected chi connectivity index (χ3v) is 1.72. The Morgan fingerprint density at radius 3 is 1.86 bits per heavy atom. The molecule has 0 aromatic rings. The van der Waals surface area contributed by atoms with Crippen LogP contribution in [0, 0.1) is 0 Å². The molecule has 0 aliphatic heterocycles. The van der Waals surface area contributed by atoms with Crippen molar-refractivity contribution in [3.8, 4) is 0 Å². The third-order valence-electron chi connectivity index (χ3n) is 1.72. The van der Waals surface area contributed by atoms with Crippen molar-refractivity contribution in [1.29, 1.82) is 0 Å². The molecule has 0 aromatic carbocycles. The molecule has 2 amide bonds. The lowest BCUT2D eigenvalue weighted by atomic mass is 10.2. The summed E-state index contributed by atoms with van der Waals surface area (Å²) in [7, 11) is 0. The van der Waals surface area contributed by atoms with Crippen LogP contribution in [0.1, 0.15) is 48.5 Å². The van der Waals surface area contributed by atoms with Crippen LogP contribution in [0.15, 0.2) is 4.99 Å². The fourth-order valence-corrected chi connectivity index (χ4v) is 1.10. The molecule has 0 aliphatic rings. The number of hydrogen-bond acceptors (Lipinski definition) is 5. The van der Waals surface area contributed by atoms with E-state index in [1.165, 1.54) is 6.92 Å². The number of guanidine groups is 1. The van der Waals surface area contributed by atoms with Crippen LogP contribution in [-0.4, -0.2) is 41.7 Å². The topological polar surface area (TPSA) is 106 Å². The van der Waals surface area contributed by atoms with Crippen LogP contribution in [0.5, 0.6) is 0 Å². The molecule has 0 unspecified atom stereocenters. The highest BCUT2D eigenvalue weighted by Gasteiger charge is 2.20. The Morgan fingerprint density at radius 1 is 0.955 bits per heavy atom. The molecule has 126 valence electrons. The number of aliphatic imine (C=N–C) groups is 1. The molecule has 0 fully saturated rings. The summed E-state index contributed by atoms with van der Waals surface area (Å²) in [4.78, 5) is 37.9. The highest BCUT2D eigenvalue weighted by molar-refractivity contribution is 6.00. The molecule has 0 aliphatic carbocycles. The highest BCUT2D eigenvalue weighted by Crippen LogP contribution is 2.08. The summed E-state index contributed by atoms with van der Waals surface area (Å²) in [5, 5.41) is 4.81. The van der Waals surface area contributed by atoms with Gasteiger partial charge in [-0.05, 0) is 48.5 Å². The maximum atomic E-state index is 11.7. The third kappa shape index (κ3) is 11.7. The molecule has 0 radical (unpaired) electrons. The van der Waals surface area contributed by atoms with Crippen LogP contribution < -0.4 is 10.6 Å². The Kier molecular flexibility index (Phi) is 7.02. The molecule has 0 spiro atoms. The maximum Gasteiger partial charge on any atom is 0.437 e. The number of amides is 2. The van der Waals surface area contributed by atoms with Gasteiger partial charge in [0.15, 0.2) is 0 Å². The number of nitrogens with one attached hydrogen (secondary N) is 2. The average Bonchev–Trinajstić information content (AvgIpc) is 2.19. The van der Waals surface area contributed by atoms with Crippen molar-refractivity contribution in [3.05, 3.63) is 0 Å². The SMILES string of the molecule is CC(=O)CN/C(=N\C(=O)OC(C)(C)C)NC(=O)OC(C)(C)C. The fourth-order valence-electron chi connectivity index (χ4n) is 1.10. The van der Waals surface area contributed by atoms with Crippen molar-refractivity contribution in [2.75, 3.05) is 6.54 Å². The number of ether oxygens (including phenoxy) is 2. The second-order valence-electron chi connectivity index (χ2n) is 6.62. The second-order valence-corrected chi connectivity index (χ2v) is 6.62. The molecular weight excluding hydrogens is 290 g/mol. The quantitative estimate of drug-likeness (QED) is 0.596. The minimum absolute atomic E-state index is 0.0998. The van der Waals surface area contributed by atoms with Gasteiger partial charge in [0.05, 0.1) is 6.54 Å².